The van der Waals surface area contributed by atoms with Gasteiger partial charge in [0.05, 0.1) is 11.0 Å². The molecule has 1 N–H and O–H groups in total. The SMILES string of the molecule is CC(C)(C(=O)NCCCn1cncn1)c1cccc(C(F)(F)F)c1. The molecule has 130 valence electrons. The Labute approximate surface area is 137 Å². The Morgan fingerprint density at radius 1 is 1.25 bits per heavy atom. The molecular weight excluding hydrogens is 321 g/mol. The monoisotopic (exact) mass is 340 g/mol. The lowest BCUT2D eigenvalue weighted by Crippen LogP contribution is -2.40. The number of nitrogens with zero attached hydrogens (tertiary/aromatic N) is 3. The molecule has 0 fully saturated rings. The molecule has 2 rings (SSSR count). The predicted molar refractivity (Wildman–Crippen MR) is 82.1 cm³/mol. The van der Waals surface area contributed by atoms with Crippen LogP contribution in [0.4, 0.5) is 13.2 Å². The summed E-state index contributed by atoms with van der Waals surface area (Å²) in [5.74, 6) is -0.319. The first-order valence-electron chi connectivity index (χ1n) is 7.50. The largest absolute Gasteiger partial charge is 0.416 e. The Bertz CT molecular complexity index is 681. The van der Waals surface area contributed by atoms with Crippen molar-refractivity contribution in [2.24, 2.45) is 0 Å². The lowest BCUT2D eigenvalue weighted by atomic mass is 9.83. The molecule has 0 radical (unpaired) electrons. The molecule has 1 aromatic heterocycles. The van der Waals surface area contributed by atoms with Gasteiger partial charge in [0.2, 0.25) is 5.91 Å². The third kappa shape index (κ3) is 4.33. The number of rotatable bonds is 6. The van der Waals surface area contributed by atoms with Crippen LogP contribution in [0.2, 0.25) is 0 Å². The summed E-state index contributed by atoms with van der Waals surface area (Å²) >= 11 is 0. The van der Waals surface area contributed by atoms with Crippen molar-refractivity contribution < 1.29 is 18.0 Å². The summed E-state index contributed by atoms with van der Waals surface area (Å²) in [7, 11) is 0. The molecule has 1 aromatic carbocycles. The van der Waals surface area contributed by atoms with Crippen LogP contribution < -0.4 is 5.32 Å². The summed E-state index contributed by atoms with van der Waals surface area (Å²) in [6.45, 7) is 4.22. The van der Waals surface area contributed by atoms with Crippen LogP contribution in [0.1, 0.15) is 31.4 Å². The van der Waals surface area contributed by atoms with Crippen LogP contribution >= 0.6 is 0 Å². The minimum atomic E-state index is -4.43. The second-order valence-electron chi connectivity index (χ2n) is 5.97. The fourth-order valence-corrected chi connectivity index (χ4v) is 2.23. The van der Waals surface area contributed by atoms with Crippen LogP contribution in [0.5, 0.6) is 0 Å². The van der Waals surface area contributed by atoms with Gasteiger partial charge in [0.15, 0.2) is 0 Å². The van der Waals surface area contributed by atoms with Crippen molar-refractivity contribution in [3.05, 3.63) is 48.0 Å². The molecule has 0 spiro atoms. The topological polar surface area (TPSA) is 59.8 Å². The zero-order valence-corrected chi connectivity index (χ0v) is 13.5. The first kappa shape index (κ1) is 18.0. The molecule has 5 nitrogen and oxygen atoms in total. The summed E-state index contributed by atoms with van der Waals surface area (Å²) in [6.07, 6.45) is -0.780. The summed E-state index contributed by atoms with van der Waals surface area (Å²) < 4.78 is 40.1. The van der Waals surface area contributed by atoms with Gasteiger partial charge in [0.1, 0.15) is 12.7 Å². The normalized spacial score (nSPS) is 12.2. The highest BCUT2D eigenvalue weighted by Gasteiger charge is 2.34. The van der Waals surface area contributed by atoms with E-state index in [1.165, 1.54) is 18.5 Å². The summed E-state index contributed by atoms with van der Waals surface area (Å²) in [6, 6.07) is 4.87. The van der Waals surface area contributed by atoms with E-state index in [-0.39, 0.29) is 5.91 Å². The Balaban J connectivity index is 1.97. The lowest BCUT2D eigenvalue weighted by Gasteiger charge is -2.25. The smallest absolute Gasteiger partial charge is 0.355 e. The first-order valence-corrected chi connectivity index (χ1v) is 7.50. The average Bonchev–Trinajstić information content (AvgIpc) is 3.04. The maximum Gasteiger partial charge on any atom is 0.416 e. The number of nitrogens with one attached hydrogen (secondary N) is 1. The van der Waals surface area contributed by atoms with E-state index < -0.39 is 17.2 Å². The molecule has 0 aliphatic rings. The van der Waals surface area contributed by atoms with Gasteiger partial charge in [-0.2, -0.15) is 18.3 Å². The highest BCUT2D eigenvalue weighted by atomic mass is 19.4. The highest BCUT2D eigenvalue weighted by Crippen LogP contribution is 2.32. The van der Waals surface area contributed by atoms with Gasteiger partial charge in [-0.3, -0.25) is 9.48 Å². The molecule has 1 amide bonds. The zero-order chi connectivity index (χ0) is 17.8. The second-order valence-corrected chi connectivity index (χ2v) is 5.97. The Morgan fingerprint density at radius 3 is 2.58 bits per heavy atom. The minimum Gasteiger partial charge on any atom is -0.355 e. The fraction of sp³-hybridized carbons (Fsp3) is 0.438. The molecule has 8 heteroatoms. The third-order valence-corrected chi connectivity index (χ3v) is 3.80. The van der Waals surface area contributed by atoms with E-state index in [2.05, 4.69) is 15.4 Å². The number of hydrogen-bond acceptors (Lipinski definition) is 3. The van der Waals surface area contributed by atoms with Crippen LogP contribution in [0.15, 0.2) is 36.9 Å². The summed E-state index contributed by atoms with van der Waals surface area (Å²) in [4.78, 5) is 16.2. The number of amides is 1. The van der Waals surface area contributed by atoms with Gasteiger partial charge < -0.3 is 5.32 Å². The second kappa shape index (κ2) is 7.02. The van der Waals surface area contributed by atoms with Gasteiger partial charge >= 0.3 is 6.18 Å². The van der Waals surface area contributed by atoms with Crippen LogP contribution in [-0.2, 0) is 22.9 Å². The molecule has 1 heterocycles. The number of carbonyl (C=O) groups excluding carboxylic acids is 1. The first-order chi connectivity index (χ1) is 11.2. The van der Waals surface area contributed by atoms with Gasteiger partial charge in [-0.1, -0.05) is 18.2 Å². The van der Waals surface area contributed by atoms with Crippen LogP contribution in [0.3, 0.4) is 0 Å². The molecule has 2 aromatic rings. The number of hydrogen-bond donors (Lipinski definition) is 1. The molecule has 24 heavy (non-hydrogen) atoms. The van der Waals surface area contributed by atoms with Crippen molar-refractivity contribution in [3.63, 3.8) is 0 Å². The quantitative estimate of drug-likeness (QED) is 0.823. The van der Waals surface area contributed by atoms with E-state index in [1.54, 1.807) is 24.9 Å². The number of alkyl halides is 3. The minimum absolute atomic E-state index is 0.319. The maximum absolute atomic E-state index is 12.8. The van der Waals surface area contributed by atoms with Crippen molar-refractivity contribution in [1.82, 2.24) is 20.1 Å². The zero-order valence-electron chi connectivity index (χ0n) is 13.5. The fourth-order valence-electron chi connectivity index (χ4n) is 2.23. The van der Waals surface area contributed by atoms with Crippen molar-refractivity contribution in [1.29, 1.82) is 0 Å². The van der Waals surface area contributed by atoms with Crippen LogP contribution in [-0.4, -0.2) is 27.2 Å². The van der Waals surface area contributed by atoms with Crippen molar-refractivity contribution in [2.45, 2.75) is 38.4 Å². The molecule has 0 saturated carbocycles. The van der Waals surface area contributed by atoms with Gasteiger partial charge in [0, 0.05) is 13.1 Å². The Kier molecular flexibility index (Phi) is 5.26. The maximum atomic E-state index is 12.8. The van der Waals surface area contributed by atoms with E-state index in [1.807, 2.05) is 0 Å². The molecule has 0 aliphatic carbocycles. The van der Waals surface area contributed by atoms with E-state index >= 15 is 0 Å². The molecule has 0 saturated heterocycles. The average molecular weight is 340 g/mol. The van der Waals surface area contributed by atoms with Gasteiger partial charge in [-0.05, 0) is 31.9 Å². The third-order valence-electron chi connectivity index (χ3n) is 3.80. The number of halogens is 3. The van der Waals surface area contributed by atoms with Gasteiger partial charge in [-0.15, -0.1) is 0 Å². The molecule has 0 bridgehead atoms. The number of aryl methyl sites for hydroxylation is 1. The van der Waals surface area contributed by atoms with Gasteiger partial charge in [-0.25, -0.2) is 4.98 Å². The van der Waals surface area contributed by atoms with Crippen LogP contribution in [0, 0.1) is 0 Å². The van der Waals surface area contributed by atoms with E-state index in [4.69, 9.17) is 0 Å². The molecule has 0 atom stereocenters. The summed E-state index contributed by atoms with van der Waals surface area (Å²) in [5.41, 5.74) is -1.49. The van der Waals surface area contributed by atoms with Crippen molar-refractivity contribution in [3.8, 4) is 0 Å². The molecule has 0 unspecified atom stereocenters. The molecular formula is C16H19F3N4O. The lowest BCUT2D eigenvalue weighted by molar-refractivity contribution is -0.137. The van der Waals surface area contributed by atoms with E-state index in [0.29, 0.717) is 25.1 Å². The Morgan fingerprint density at radius 2 is 1.96 bits per heavy atom. The predicted octanol–water partition coefficient (Wildman–Crippen LogP) is 2.78. The van der Waals surface area contributed by atoms with Gasteiger partial charge in [0.25, 0.3) is 0 Å². The van der Waals surface area contributed by atoms with Crippen molar-refractivity contribution >= 4 is 5.91 Å². The Hall–Kier alpha value is -2.38. The number of carbonyl (C=O) groups is 1. The molecule has 0 aliphatic heterocycles. The number of aromatic nitrogens is 3. The number of benzene rings is 1. The summed E-state index contributed by atoms with van der Waals surface area (Å²) in [5, 5.41) is 6.71. The van der Waals surface area contributed by atoms with E-state index in [9.17, 15) is 18.0 Å². The van der Waals surface area contributed by atoms with Crippen LogP contribution in [0.25, 0.3) is 0 Å². The highest BCUT2D eigenvalue weighted by molar-refractivity contribution is 5.87. The van der Waals surface area contributed by atoms with E-state index in [0.717, 1.165) is 12.1 Å². The standard InChI is InChI=1S/C16H19F3N4O/c1-15(2,12-5-3-6-13(9-12)16(17,18)19)14(24)21-7-4-8-23-11-20-10-22-23/h3,5-6,9-11H,4,7-8H2,1-2H3,(H,21,24). The van der Waals surface area contributed by atoms with Crippen molar-refractivity contribution in [2.75, 3.05) is 6.54 Å².